The third-order valence-electron chi connectivity index (χ3n) is 2.99. The molecule has 0 heterocycles. The Morgan fingerprint density at radius 1 is 1.29 bits per heavy atom. The molecular formula is C12H24BrN. The van der Waals surface area contributed by atoms with E-state index in [1.54, 1.807) is 0 Å². The number of halogens is 1. The van der Waals surface area contributed by atoms with Crippen LogP contribution in [0.25, 0.3) is 0 Å². The first-order valence-corrected chi connectivity index (χ1v) is 6.61. The standard InChI is InChI=1S/C12H24BrN/c1-12(2,3)5-6-14(4)9-10-7-11(13)8-10/h10-11H,5-9H2,1-4H3. The van der Waals surface area contributed by atoms with E-state index in [-0.39, 0.29) is 0 Å². The fourth-order valence-corrected chi connectivity index (χ4v) is 2.92. The van der Waals surface area contributed by atoms with Crippen LogP contribution in [0.1, 0.15) is 40.0 Å². The summed E-state index contributed by atoms with van der Waals surface area (Å²) < 4.78 is 0. The van der Waals surface area contributed by atoms with Gasteiger partial charge in [0.15, 0.2) is 0 Å². The van der Waals surface area contributed by atoms with Crippen LogP contribution < -0.4 is 0 Å². The predicted molar refractivity (Wildman–Crippen MR) is 67.0 cm³/mol. The number of alkyl halides is 1. The van der Waals surface area contributed by atoms with E-state index in [1.165, 1.54) is 32.4 Å². The van der Waals surface area contributed by atoms with Crippen molar-refractivity contribution < 1.29 is 0 Å². The highest BCUT2D eigenvalue weighted by atomic mass is 79.9. The Kier molecular flexibility index (Phi) is 4.45. The Balaban J connectivity index is 2.07. The van der Waals surface area contributed by atoms with Gasteiger partial charge in [-0.15, -0.1) is 0 Å². The summed E-state index contributed by atoms with van der Waals surface area (Å²) in [6, 6.07) is 0. The van der Waals surface area contributed by atoms with Crippen molar-refractivity contribution in [3.8, 4) is 0 Å². The molecule has 0 N–H and O–H groups in total. The van der Waals surface area contributed by atoms with Gasteiger partial charge in [0.25, 0.3) is 0 Å². The molecule has 0 aliphatic heterocycles. The van der Waals surface area contributed by atoms with Crippen LogP contribution in [0.3, 0.4) is 0 Å². The van der Waals surface area contributed by atoms with Crippen molar-refractivity contribution in [2.75, 3.05) is 20.1 Å². The first-order valence-electron chi connectivity index (χ1n) is 5.69. The minimum absolute atomic E-state index is 0.478. The molecule has 1 fully saturated rings. The van der Waals surface area contributed by atoms with E-state index < -0.39 is 0 Å². The topological polar surface area (TPSA) is 3.24 Å². The maximum absolute atomic E-state index is 3.64. The molecule has 0 saturated heterocycles. The van der Waals surface area contributed by atoms with E-state index in [0.717, 1.165) is 10.7 Å². The summed E-state index contributed by atoms with van der Waals surface area (Å²) in [6.45, 7) is 9.49. The first-order chi connectivity index (χ1) is 6.37. The molecule has 0 aromatic rings. The van der Waals surface area contributed by atoms with Crippen LogP contribution in [0.2, 0.25) is 0 Å². The molecule has 84 valence electrons. The zero-order valence-electron chi connectivity index (χ0n) is 10.0. The maximum atomic E-state index is 3.64. The van der Waals surface area contributed by atoms with Gasteiger partial charge in [-0.1, -0.05) is 36.7 Å². The third kappa shape index (κ3) is 4.79. The minimum atomic E-state index is 0.478. The van der Waals surface area contributed by atoms with E-state index in [1.807, 2.05) is 0 Å². The lowest BCUT2D eigenvalue weighted by molar-refractivity contribution is 0.192. The Bertz CT molecular complexity index is 168. The number of hydrogen-bond acceptors (Lipinski definition) is 1. The molecule has 0 radical (unpaired) electrons. The van der Waals surface area contributed by atoms with Gasteiger partial charge in [0.2, 0.25) is 0 Å². The summed E-state index contributed by atoms with van der Waals surface area (Å²) >= 11 is 3.64. The maximum Gasteiger partial charge on any atom is 0.0152 e. The summed E-state index contributed by atoms with van der Waals surface area (Å²) in [5.74, 6) is 0.948. The number of hydrogen-bond donors (Lipinski definition) is 0. The average Bonchev–Trinajstić information content (AvgIpc) is 1.97. The lowest BCUT2D eigenvalue weighted by Gasteiger charge is -2.35. The Labute approximate surface area is 97.4 Å². The molecule has 1 aliphatic carbocycles. The van der Waals surface area contributed by atoms with E-state index in [2.05, 4.69) is 48.6 Å². The number of nitrogens with zero attached hydrogens (tertiary/aromatic N) is 1. The van der Waals surface area contributed by atoms with Crippen LogP contribution in [0, 0.1) is 11.3 Å². The second kappa shape index (κ2) is 4.98. The van der Waals surface area contributed by atoms with Crippen molar-refractivity contribution in [1.82, 2.24) is 4.90 Å². The summed E-state index contributed by atoms with van der Waals surface area (Å²) in [4.78, 5) is 3.30. The molecule has 14 heavy (non-hydrogen) atoms. The molecule has 0 amide bonds. The normalized spacial score (nSPS) is 27.9. The number of rotatable bonds is 4. The van der Waals surface area contributed by atoms with Gasteiger partial charge in [0, 0.05) is 11.4 Å². The van der Waals surface area contributed by atoms with Crippen molar-refractivity contribution in [3.63, 3.8) is 0 Å². The lowest BCUT2D eigenvalue weighted by Crippen LogP contribution is -2.35. The van der Waals surface area contributed by atoms with E-state index >= 15 is 0 Å². The van der Waals surface area contributed by atoms with Gasteiger partial charge in [-0.25, -0.2) is 0 Å². The van der Waals surface area contributed by atoms with E-state index in [9.17, 15) is 0 Å². The molecule has 0 aromatic carbocycles. The molecule has 1 saturated carbocycles. The van der Waals surface area contributed by atoms with Crippen molar-refractivity contribution in [3.05, 3.63) is 0 Å². The SMILES string of the molecule is CN(CCC(C)(C)C)CC1CC(Br)C1. The fraction of sp³-hybridized carbons (Fsp3) is 1.00. The lowest BCUT2D eigenvalue weighted by atomic mass is 9.84. The smallest absolute Gasteiger partial charge is 0.0152 e. The minimum Gasteiger partial charge on any atom is -0.306 e. The van der Waals surface area contributed by atoms with Crippen molar-refractivity contribution in [2.45, 2.75) is 44.9 Å². The molecule has 0 aromatic heterocycles. The zero-order valence-corrected chi connectivity index (χ0v) is 11.6. The summed E-state index contributed by atoms with van der Waals surface area (Å²) in [5.41, 5.74) is 0.478. The van der Waals surface area contributed by atoms with Crippen molar-refractivity contribution in [2.24, 2.45) is 11.3 Å². The first kappa shape index (κ1) is 12.5. The molecule has 0 bridgehead atoms. The highest BCUT2D eigenvalue weighted by molar-refractivity contribution is 9.09. The largest absolute Gasteiger partial charge is 0.306 e. The summed E-state index contributed by atoms with van der Waals surface area (Å²) in [5, 5.41) is 0. The molecule has 0 atom stereocenters. The zero-order chi connectivity index (χ0) is 10.8. The van der Waals surface area contributed by atoms with E-state index in [0.29, 0.717) is 5.41 Å². The summed E-state index contributed by atoms with van der Waals surface area (Å²) in [6.07, 6.45) is 4.05. The predicted octanol–water partition coefficient (Wildman–Crippen LogP) is 3.53. The Morgan fingerprint density at radius 3 is 2.29 bits per heavy atom. The highest BCUT2D eigenvalue weighted by Crippen LogP contribution is 2.33. The molecule has 1 rings (SSSR count). The van der Waals surface area contributed by atoms with Gasteiger partial charge >= 0.3 is 0 Å². The van der Waals surface area contributed by atoms with Crippen LogP contribution in [0.15, 0.2) is 0 Å². The van der Waals surface area contributed by atoms with Gasteiger partial charge in [-0.05, 0) is 44.2 Å². The fourth-order valence-electron chi connectivity index (χ4n) is 1.86. The van der Waals surface area contributed by atoms with Gasteiger partial charge < -0.3 is 4.90 Å². The second-order valence-electron chi connectivity index (χ2n) is 6.01. The average molecular weight is 262 g/mol. The van der Waals surface area contributed by atoms with Crippen LogP contribution in [-0.2, 0) is 0 Å². The van der Waals surface area contributed by atoms with Gasteiger partial charge in [-0.2, -0.15) is 0 Å². The van der Waals surface area contributed by atoms with Crippen molar-refractivity contribution >= 4 is 15.9 Å². The van der Waals surface area contributed by atoms with Crippen LogP contribution in [0.5, 0.6) is 0 Å². The summed E-state index contributed by atoms with van der Waals surface area (Å²) in [7, 11) is 2.26. The molecular weight excluding hydrogens is 238 g/mol. The molecule has 0 spiro atoms. The van der Waals surface area contributed by atoms with E-state index in [4.69, 9.17) is 0 Å². The van der Waals surface area contributed by atoms with Gasteiger partial charge in [-0.3, -0.25) is 0 Å². The molecule has 1 aliphatic rings. The third-order valence-corrected chi connectivity index (χ3v) is 3.74. The van der Waals surface area contributed by atoms with Gasteiger partial charge in [0.1, 0.15) is 0 Å². The van der Waals surface area contributed by atoms with Crippen LogP contribution in [0.4, 0.5) is 0 Å². The van der Waals surface area contributed by atoms with Gasteiger partial charge in [0.05, 0.1) is 0 Å². The van der Waals surface area contributed by atoms with Crippen molar-refractivity contribution in [1.29, 1.82) is 0 Å². The van der Waals surface area contributed by atoms with Crippen LogP contribution in [-0.4, -0.2) is 29.9 Å². The Hall–Kier alpha value is 0.440. The molecule has 1 nitrogen and oxygen atoms in total. The highest BCUT2D eigenvalue weighted by Gasteiger charge is 2.27. The monoisotopic (exact) mass is 261 g/mol. The molecule has 2 heteroatoms. The second-order valence-corrected chi connectivity index (χ2v) is 7.30. The van der Waals surface area contributed by atoms with Crippen LogP contribution >= 0.6 is 15.9 Å². The molecule has 0 unspecified atom stereocenters. The quantitative estimate of drug-likeness (QED) is 0.700. The Morgan fingerprint density at radius 2 is 1.86 bits per heavy atom.